The smallest absolute Gasteiger partial charge is 0.322 e. The van der Waals surface area contributed by atoms with Gasteiger partial charge in [0.15, 0.2) is 0 Å². The van der Waals surface area contributed by atoms with Crippen LogP contribution >= 0.6 is 0 Å². The molecule has 2 atom stereocenters. The van der Waals surface area contributed by atoms with Gasteiger partial charge in [0.1, 0.15) is 0 Å². The predicted molar refractivity (Wildman–Crippen MR) is 116 cm³/mol. The molecule has 172 valence electrons. The van der Waals surface area contributed by atoms with Gasteiger partial charge < -0.3 is 10.6 Å². The summed E-state index contributed by atoms with van der Waals surface area (Å²) in [5.41, 5.74) is 1.96. The van der Waals surface area contributed by atoms with Crippen LogP contribution in [0, 0.1) is 11.8 Å². The minimum absolute atomic E-state index is 0.0295. The Kier molecular flexibility index (Phi) is 9.14. The van der Waals surface area contributed by atoms with Crippen LogP contribution in [0.5, 0.6) is 0 Å². The average Bonchev–Trinajstić information content (AvgIpc) is 2.91. The summed E-state index contributed by atoms with van der Waals surface area (Å²) < 4.78 is 38.4. The fourth-order valence-corrected chi connectivity index (χ4v) is 4.18. The number of anilines is 1. The summed E-state index contributed by atoms with van der Waals surface area (Å²) in [6.45, 7) is 5.52. The van der Waals surface area contributed by atoms with Crippen molar-refractivity contribution in [3.63, 3.8) is 0 Å². The maximum Gasteiger partial charge on any atom is 0.471 e. The van der Waals surface area contributed by atoms with Crippen LogP contribution in [0.1, 0.15) is 71.3 Å². The third kappa shape index (κ3) is 7.40. The van der Waals surface area contributed by atoms with Crippen molar-refractivity contribution in [3.05, 3.63) is 41.1 Å². The van der Waals surface area contributed by atoms with Gasteiger partial charge in [0.05, 0.1) is 0 Å². The lowest BCUT2D eigenvalue weighted by Gasteiger charge is -2.26. The minimum Gasteiger partial charge on any atom is -0.322 e. The van der Waals surface area contributed by atoms with Gasteiger partial charge in [-0.25, -0.2) is 0 Å². The molecule has 1 aliphatic carbocycles. The normalized spacial score (nSPS) is 20.5. The molecule has 2 rings (SSSR count). The fraction of sp³-hybridized carbons (Fsp3) is 0.583. The number of carbonyl (C=O) groups excluding carboxylic acids is 2. The number of halogens is 3. The minimum atomic E-state index is -5.01. The second-order valence-corrected chi connectivity index (χ2v) is 8.47. The average molecular weight is 439 g/mol. The van der Waals surface area contributed by atoms with Crippen molar-refractivity contribution < 1.29 is 22.8 Å². The van der Waals surface area contributed by atoms with Gasteiger partial charge >= 0.3 is 12.1 Å². The molecule has 2 N–H and O–H groups in total. The molecule has 1 aliphatic rings. The molecule has 7 heteroatoms. The van der Waals surface area contributed by atoms with Crippen LogP contribution in [0.4, 0.5) is 18.9 Å². The summed E-state index contributed by atoms with van der Waals surface area (Å²) in [6, 6.07) is 7.50. The second kappa shape index (κ2) is 11.3. The number of nitrogens with one attached hydrogen (secondary N) is 2. The molecule has 31 heavy (non-hydrogen) atoms. The van der Waals surface area contributed by atoms with Gasteiger partial charge in [-0.1, -0.05) is 58.1 Å². The van der Waals surface area contributed by atoms with Crippen LogP contribution in [0.15, 0.2) is 35.5 Å². The van der Waals surface area contributed by atoms with E-state index in [1.54, 1.807) is 12.1 Å². The van der Waals surface area contributed by atoms with Crippen LogP contribution in [0.3, 0.4) is 0 Å². The van der Waals surface area contributed by atoms with Crippen LogP contribution < -0.4 is 10.6 Å². The number of rotatable bonds is 7. The Balaban J connectivity index is 2.29. The SMILES string of the molecule is CCCCc1ccc(NC(=O)/C(=C(/C)NC(=O)C(F)(F)F)C2CCCCCC2C)cc1. The molecule has 1 aromatic carbocycles. The predicted octanol–water partition coefficient (Wildman–Crippen LogP) is 6.14. The summed E-state index contributed by atoms with van der Waals surface area (Å²) in [5.74, 6) is -2.59. The number of hydrogen-bond donors (Lipinski definition) is 2. The monoisotopic (exact) mass is 438 g/mol. The largest absolute Gasteiger partial charge is 0.471 e. The standard InChI is InChI=1S/C24H33F3N2O2/c1-4-5-10-18-12-14-19(15-13-18)29-22(30)21(17(3)28-23(31)24(25,26)27)20-11-8-6-7-9-16(20)2/h12-16,20H,4-11H2,1-3H3,(H,28,31)(H,29,30)/b21-17-. The first kappa shape index (κ1) is 25.0. The molecule has 4 nitrogen and oxygen atoms in total. The highest BCUT2D eigenvalue weighted by Gasteiger charge is 2.40. The molecular weight excluding hydrogens is 405 g/mol. The quantitative estimate of drug-likeness (QED) is 0.397. The molecule has 0 radical (unpaired) electrons. The number of amides is 2. The summed E-state index contributed by atoms with van der Waals surface area (Å²) in [4.78, 5) is 24.7. The van der Waals surface area contributed by atoms with Crippen molar-refractivity contribution in [1.82, 2.24) is 5.32 Å². The molecule has 0 saturated heterocycles. The van der Waals surface area contributed by atoms with E-state index in [1.165, 1.54) is 12.5 Å². The zero-order chi connectivity index (χ0) is 23.0. The first-order chi connectivity index (χ1) is 14.6. The Bertz CT molecular complexity index is 785. The highest BCUT2D eigenvalue weighted by atomic mass is 19.4. The van der Waals surface area contributed by atoms with Crippen LogP contribution in [0.25, 0.3) is 0 Å². The zero-order valence-corrected chi connectivity index (χ0v) is 18.6. The Morgan fingerprint density at radius 1 is 1.06 bits per heavy atom. The lowest BCUT2D eigenvalue weighted by atomic mass is 9.82. The number of unbranched alkanes of at least 4 members (excludes halogenated alkanes) is 1. The number of carbonyl (C=O) groups is 2. The molecule has 1 aromatic rings. The summed E-state index contributed by atoms with van der Waals surface area (Å²) in [6.07, 6.45) is 2.68. The molecule has 1 saturated carbocycles. The van der Waals surface area contributed by atoms with E-state index in [0.29, 0.717) is 12.1 Å². The molecule has 0 bridgehead atoms. The van der Waals surface area contributed by atoms with Crippen LogP contribution in [-0.4, -0.2) is 18.0 Å². The Labute approximate surface area is 182 Å². The number of benzene rings is 1. The van der Waals surface area contributed by atoms with Crippen molar-refractivity contribution in [2.45, 2.75) is 78.3 Å². The lowest BCUT2D eigenvalue weighted by molar-refractivity contribution is -0.172. The molecular formula is C24H33F3N2O2. The van der Waals surface area contributed by atoms with E-state index in [-0.39, 0.29) is 23.1 Å². The Morgan fingerprint density at radius 2 is 1.71 bits per heavy atom. The van der Waals surface area contributed by atoms with Gasteiger partial charge in [-0.2, -0.15) is 13.2 Å². The number of hydrogen-bond acceptors (Lipinski definition) is 2. The van der Waals surface area contributed by atoms with Crippen molar-refractivity contribution in [3.8, 4) is 0 Å². The van der Waals surface area contributed by atoms with Gasteiger partial charge in [0.25, 0.3) is 5.91 Å². The van der Waals surface area contributed by atoms with Gasteiger partial charge in [0, 0.05) is 17.0 Å². The van der Waals surface area contributed by atoms with E-state index in [2.05, 4.69) is 12.2 Å². The topological polar surface area (TPSA) is 58.2 Å². The first-order valence-electron chi connectivity index (χ1n) is 11.1. The van der Waals surface area contributed by atoms with Crippen molar-refractivity contribution >= 4 is 17.5 Å². The molecule has 0 aliphatic heterocycles. The molecule has 0 heterocycles. The molecule has 0 aromatic heterocycles. The third-order valence-electron chi connectivity index (χ3n) is 5.97. The molecule has 0 spiro atoms. The maximum atomic E-state index is 13.2. The van der Waals surface area contributed by atoms with Crippen LogP contribution in [-0.2, 0) is 16.0 Å². The highest BCUT2D eigenvalue weighted by Crippen LogP contribution is 2.35. The number of aryl methyl sites for hydroxylation is 1. The van der Waals surface area contributed by atoms with E-state index in [9.17, 15) is 22.8 Å². The Morgan fingerprint density at radius 3 is 2.32 bits per heavy atom. The number of allylic oxidation sites excluding steroid dienone is 1. The summed E-state index contributed by atoms with van der Waals surface area (Å²) in [7, 11) is 0. The number of alkyl halides is 3. The Hall–Kier alpha value is -2.31. The van der Waals surface area contributed by atoms with E-state index in [4.69, 9.17) is 0 Å². The molecule has 2 amide bonds. The van der Waals surface area contributed by atoms with Crippen molar-refractivity contribution in [1.29, 1.82) is 0 Å². The first-order valence-corrected chi connectivity index (χ1v) is 11.1. The van der Waals surface area contributed by atoms with E-state index in [0.717, 1.165) is 44.9 Å². The van der Waals surface area contributed by atoms with E-state index < -0.39 is 18.0 Å². The van der Waals surface area contributed by atoms with Gasteiger partial charge in [-0.05, 0) is 55.7 Å². The van der Waals surface area contributed by atoms with E-state index in [1.807, 2.05) is 24.4 Å². The van der Waals surface area contributed by atoms with Gasteiger partial charge in [-0.3, -0.25) is 9.59 Å². The second-order valence-electron chi connectivity index (χ2n) is 8.47. The fourth-order valence-electron chi connectivity index (χ4n) is 4.18. The molecule has 1 fully saturated rings. The zero-order valence-electron chi connectivity index (χ0n) is 18.6. The van der Waals surface area contributed by atoms with Gasteiger partial charge in [-0.15, -0.1) is 0 Å². The lowest BCUT2D eigenvalue weighted by Crippen LogP contribution is -2.38. The van der Waals surface area contributed by atoms with Gasteiger partial charge in [0.2, 0.25) is 0 Å². The summed E-state index contributed by atoms with van der Waals surface area (Å²) >= 11 is 0. The highest BCUT2D eigenvalue weighted by molar-refractivity contribution is 6.05. The van der Waals surface area contributed by atoms with Crippen molar-refractivity contribution in [2.75, 3.05) is 5.32 Å². The molecule has 2 unspecified atom stereocenters. The van der Waals surface area contributed by atoms with Crippen LogP contribution in [0.2, 0.25) is 0 Å². The van der Waals surface area contributed by atoms with Crippen molar-refractivity contribution in [2.24, 2.45) is 11.8 Å². The maximum absolute atomic E-state index is 13.2. The third-order valence-corrected chi connectivity index (χ3v) is 5.97. The van der Waals surface area contributed by atoms with E-state index >= 15 is 0 Å². The summed E-state index contributed by atoms with van der Waals surface area (Å²) in [5, 5.41) is 4.74.